The number of hydrogen-bond donors (Lipinski definition) is 1. The smallest absolute Gasteiger partial charge is 0.382 e. The molecule has 0 aliphatic heterocycles. The van der Waals surface area contributed by atoms with Gasteiger partial charge in [0.2, 0.25) is 0 Å². The molecule has 0 atom stereocenters. The number of hydrogen-bond acceptors (Lipinski definition) is 2. The highest BCUT2D eigenvalue weighted by Gasteiger charge is 2.33. The predicted molar refractivity (Wildman–Crippen MR) is 50.6 cm³/mol. The van der Waals surface area contributed by atoms with Crippen molar-refractivity contribution in [3.05, 3.63) is 29.3 Å². The van der Waals surface area contributed by atoms with Crippen molar-refractivity contribution in [2.45, 2.75) is 6.18 Å². The van der Waals surface area contributed by atoms with Gasteiger partial charge in [-0.05, 0) is 18.2 Å². The van der Waals surface area contributed by atoms with Crippen LogP contribution in [0.15, 0.2) is 18.2 Å². The maximum atomic E-state index is 12.5. The fourth-order valence-electron chi connectivity index (χ4n) is 1.18. The lowest BCUT2D eigenvalue weighted by molar-refractivity contribution is -0.137. The SMILES string of the molecule is N#Cc1ccc(NCCF)cc1C(F)(F)F. The zero-order valence-corrected chi connectivity index (χ0v) is 8.11. The molecule has 0 spiro atoms. The van der Waals surface area contributed by atoms with Crippen LogP contribution in [0.25, 0.3) is 0 Å². The molecule has 0 fully saturated rings. The number of anilines is 1. The van der Waals surface area contributed by atoms with Gasteiger partial charge < -0.3 is 5.32 Å². The van der Waals surface area contributed by atoms with Gasteiger partial charge in [-0.1, -0.05) is 0 Å². The number of nitrogens with zero attached hydrogens (tertiary/aromatic N) is 1. The van der Waals surface area contributed by atoms with Crippen molar-refractivity contribution in [2.75, 3.05) is 18.5 Å². The van der Waals surface area contributed by atoms with E-state index >= 15 is 0 Å². The summed E-state index contributed by atoms with van der Waals surface area (Å²) < 4.78 is 49.3. The minimum Gasteiger partial charge on any atom is -0.382 e. The highest BCUT2D eigenvalue weighted by atomic mass is 19.4. The van der Waals surface area contributed by atoms with Crippen LogP contribution in [0, 0.1) is 11.3 Å². The maximum absolute atomic E-state index is 12.5. The van der Waals surface area contributed by atoms with Gasteiger partial charge in [-0.3, -0.25) is 0 Å². The van der Waals surface area contributed by atoms with Gasteiger partial charge in [-0.2, -0.15) is 18.4 Å². The van der Waals surface area contributed by atoms with E-state index < -0.39 is 24.0 Å². The number of nitriles is 1. The van der Waals surface area contributed by atoms with E-state index in [2.05, 4.69) is 5.32 Å². The van der Waals surface area contributed by atoms with Gasteiger partial charge in [0.25, 0.3) is 0 Å². The van der Waals surface area contributed by atoms with Crippen molar-refractivity contribution in [3.8, 4) is 6.07 Å². The number of benzene rings is 1. The van der Waals surface area contributed by atoms with Gasteiger partial charge in [0.1, 0.15) is 6.67 Å². The van der Waals surface area contributed by atoms with E-state index in [0.717, 1.165) is 12.1 Å². The quantitative estimate of drug-likeness (QED) is 0.813. The molecule has 0 radical (unpaired) electrons. The summed E-state index contributed by atoms with van der Waals surface area (Å²) in [4.78, 5) is 0. The molecule has 0 saturated heterocycles. The molecule has 16 heavy (non-hydrogen) atoms. The van der Waals surface area contributed by atoms with Crippen molar-refractivity contribution in [1.29, 1.82) is 5.26 Å². The van der Waals surface area contributed by atoms with E-state index in [1.54, 1.807) is 0 Å². The summed E-state index contributed by atoms with van der Waals surface area (Å²) in [5, 5.41) is 11.0. The second kappa shape index (κ2) is 4.84. The molecule has 2 nitrogen and oxygen atoms in total. The summed E-state index contributed by atoms with van der Waals surface area (Å²) in [5.74, 6) is 0. The highest BCUT2D eigenvalue weighted by Crippen LogP contribution is 2.33. The molecular weight excluding hydrogens is 224 g/mol. The van der Waals surface area contributed by atoms with E-state index in [0.29, 0.717) is 0 Å². The van der Waals surface area contributed by atoms with Crippen LogP contribution in [0.5, 0.6) is 0 Å². The largest absolute Gasteiger partial charge is 0.417 e. The van der Waals surface area contributed by atoms with Crippen LogP contribution in [0.2, 0.25) is 0 Å². The van der Waals surface area contributed by atoms with Crippen LogP contribution in [0.1, 0.15) is 11.1 Å². The Labute approximate surface area is 89.5 Å². The third kappa shape index (κ3) is 2.86. The molecule has 0 saturated carbocycles. The summed E-state index contributed by atoms with van der Waals surface area (Å²) in [6.45, 7) is -0.745. The fourth-order valence-corrected chi connectivity index (χ4v) is 1.18. The maximum Gasteiger partial charge on any atom is 0.417 e. The van der Waals surface area contributed by atoms with E-state index in [9.17, 15) is 17.6 Å². The molecule has 0 amide bonds. The van der Waals surface area contributed by atoms with Crippen LogP contribution >= 0.6 is 0 Å². The average molecular weight is 232 g/mol. The highest BCUT2D eigenvalue weighted by molar-refractivity contribution is 5.53. The monoisotopic (exact) mass is 232 g/mol. The molecule has 0 unspecified atom stereocenters. The van der Waals surface area contributed by atoms with Crippen molar-refractivity contribution in [3.63, 3.8) is 0 Å². The molecule has 86 valence electrons. The van der Waals surface area contributed by atoms with Crippen LogP contribution in [0.4, 0.5) is 23.2 Å². The Morgan fingerprint density at radius 3 is 2.50 bits per heavy atom. The number of alkyl halides is 4. The molecule has 0 aliphatic carbocycles. The molecule has 6 heteroatoms. The van der Waals surface area contributed by atoms with Crippen molar-refractivity contribution in [1.82, 2.24) is 0 Å². The lowest BCUT2D eigenvalue weighted by Crippen LogP contribution is -2.10. The lowest BCUT2D eigenvalue weighted by Gasteiger charge is -2.11. The van der Waals surface area contributed by atoms with Crippen LogP contribution in [-0.4, -0.2) is 13.2 Å². The Morgan fingerprint density at radius 2 is 2.00 bits per heavy atom. The molecule has 1 rings (SSSR count). The first kappa shape index (κ1) is 12.3. The first-order chi connectivity index (χ1) is 7.49. The van der Waals surface area contributed by atoms with Gasteiger partial charge in [0.15, 0.2) is 0 Å². The average Bonchev–Trinajstić information content (AvgIpc) is 2.24. The van der Waals surface area contributed by atoms with Gasteiger partial charge >= 0.3 is 6.18 Å². The molecule has 1 aromatic carbocycles. The Kier molecular flexibility index (Phi) is 3.72. The first-order valence-corrected chi connectivity index (χ1v) is 4.40. The van der Waals surface area contributed by atoms with E-state index in [1.165, 1.54) is 12.1 Å². The lowest BCUT2D eigenvalue weighted by atomic mass is 10.1. The van der Waals surface area contributed by atoms with Gasteiger partial charge in [0, 0.05) is 12.2 Å². The fraction of sp³-hybridized carbons (Fsp3) is 0.300. The Morgan fingerprint density at radius 1 is 1.31 bits per heavy atom. The first-order valence-electron chi connectivity index (χ1n) is 4.40. The van der Waals surface area contributed by atoms with Crippen LogP contribution in [-0.2, 0) is 6.18 Å². The third-order valence-electron chi connectivity index (χ3n) is 1.87. The van der Waals surface area contributed by atoms with Crippen LogP contribution < -0.4 is 5.32 Å². The normalized spacial score (nSPS) is 10.9. The minimum atomic E-state index is -4.58. The number of halogens is 4. The Bertz CT molecular complexity index is 406. The molecule has 0 heterocycles. The second-order valence-electron chi connectivity index (χ2n) is 2.99. The summed E-state index contributed by atoms with van der Waals surface area (Å²) >= 11 is 0. The van der Waals surface area contributed by atoms with Gasteiger partial charge in [-0.15, -0.1) is 0 Å². The summed E-state index contributed by atoms with van der Waals surface area (Å²) in [6, 6.07) is 4.63. The zero-order valence-electron chi connectivity index (χ0n) is 8.11. The summed E-state index contributed by atoms with van der Waals surface area (Å²) in [7, 11) is 0. The van der Waals surface area contributed by atoms with Crippen LogP contribution in [0.3, 0.4) is 0 Å². The molecule has 0 bridgehead atoms. The second-order valence-corrected chi connectivity index (χ2v) is 2.99. The van der Waals surface area contributed by atoms with E-state index in [-0.39, 0.29) is 12.2 Å². The van der Waals surface area contributed by atoms with Gasteiger partial charge in [-0.25, -0.2) is 4.39 Å². The molecule has 1 N–H and O–H groups in total. The molecule has 0 aliphatic rings. The topological polar surface area (TPSA) is 35.8 Å². The Balaban J connectivity index is 3.08. The number of nitrogens with one attached hydrogen (secondary N) is 1. The minimum absolute atomic E-state index is 0.0663. The summed E-state index contributed by atoms with van der Waals surface area (Å²) in [5.41, 5.74) is -1.32. The van der Waals surface area contributed by atoms with Crippen molar-refractivity contribution < 1.29 is 17.6 Å². The molecule has 0 aromatic heterocycles. The molecule has 1 aromatic rings. The third-order valence-corrected chi connectivity index (χ3v) is 1.87. The molecular formula is C10H8F4N2. The van der Waals surface area contributed by atoms with E-state index in [4.69, 9.17) is 5.26 Å². The zero-order chi connectivity index (χ0) is 12.2. The van der Waals surface area contributed by atoms with Gasteiger partial charge in [0.05, 0.1) is 17.2 Å². The van der Waals surface area contributed by atoms with E-state index in [1.807, 2.05) is 0 Å². The van der Waals surface area contributed by atoms with Crippen molar-refractivity contribution >= 4 is 5.69 Å². The van der Waals surface area contributed by atoms with Crippen molar-refractivity contribution in [2.24, 2.45) is 0 Å². The standard InChI is InChI=1S/C10H8F4N2/c11-3-4-16-8-2-1-7(6-15)9(5-8)10(12,13)14/h1-2,5,16H,3-4H2. The summed E-state index contributed by atoms with van der Waals surface area (Å²) in [6.07, 6.45) is -4.58. The predicted octanol–water partition coefficient (Wildman–Crippen LogP) is 2.96. The Hall–Kier alpha value is -1.77. The number of rotatable bonds is 3.